The standard InChI is InChI=1S/C21H21F3N4O2S/c1-3-30-17-9-7-14(8-10-17)19-26-27-20(31)28(19)12-18(29)25-13(2)15-5-4-6-16(11-15)21(22,23)24/h4-11,13H,3,12H2,1-2H3,(H,25,29)(H,27,31). The molecule has 6 nitrogen and oxygen atoms in total. The van der Waals surface area contributed by atoms with Crippen LogP contribution in [0.5, 0.6) is 5.75 Å². The maximum absolute atomic E-state index is 12.9. The Balaban J connectivity index is 1.74. The van der Waals surface area contributed by atoms with Gasteiger partial charge in [-0.05, 0) is 68.0 Å². The summed E-state index contributed by atoms with van der Waals surface area (Å²) in [6, 6.07) is 11.4. The molecule has 0 aliphatic carbocycles. The van der Waals surface area contributed by atoms with E-state index in [9.17, 15) is 18.0 Å². The summed E-state index contributed by atoms with van der Waals surface area (Å²) in [7, 11) is 0. The van der Waals surface area contributed by atoms with Crippen molar-refractivity contribution in [2.45, 2.75) is 32.6 Å². The van der Waals surface area contributed by atoms with Crippen LogP contribution in [-0.4, -0.2) is 27.3 Å². The number of amides is 1. The second-order valence-corrected chi connectivity index (χ2v) is 7.20. The Bertz CT molecular complexity index is 1110. The van der Waals surface area contributed by atoms with Gasteiger partial charge in [0.25, 0.3) is 0 Å². The Morgan fingerprint density at radius 1 is 1.26 bits per heavy atom. The van der Waals surface area contributed by atoms with E-state index in [0.29, 0.717) is 23.7 Å². The molecule has 164 valence electrons. The van der Waals surface area contributed by atoms with Crippen LogP contribution in [0.15, 0.2) is 48.5 Å². The highest BCUT2D eigenvalue weighted by atomic mass is 32.1. The zero-order valence-corrected chi connectivity index (χ0v) is 17.7. The molecular weight excluding hydrogens is 429 g/mol. The van der Waals surface area contributed by atoms with E-state index >= 15 is 0 Å². The van der Waals surface area contributed by atoms with E-state index in [-0.39, 0.29) is 11.3 Å². The Morgan fingerprint density at radius 3 is 2.61 bits per heavy atom. The summed E-state index contributed by atoms with van der Waals surface area (Å²) in [6.45, 7) is 3.91. The smallest absolute Gasteiger partial charge is 0.416 e. The van der Waals surface area contributed by atoms with Crippen LogP contribution < -0.4 is 10.1 Å². The second-order valence-electron chi connectivity index (χ2n) is 6.81. The van der Waals surface area contributed by atoms with E-state index in [1.54, 1.807) is 31.2 Å². The Labute approximate surface area is 182 Å². The minimum Gasteiger partial charge on any atom is -0.494 e. The van der Waals surface area contributed by atoms with Crippen molar-refractivity contribution in [2.24, 2.45) is 0 Å². The first-order valence-electron chi connectivity index (χ1n) is 9.54. The summed E-state index contributed by atoms with van der Waals surface area (Å²) in [5.74, 6) is 0.768. The van der Waals surface area contributed by atoms with Gasteiger partial charge in [0.1, 0.15) is 12.3 Å². The van der Waals surface area contributed by atoms with Crippen LogP contribution in [-0.2, 0) is 17.5 Å². The normalized spacial score (nSPS) is 12.4. The molecule has 1 amide bonds. The molecule has 0 aliphatic rings. The molecule has 0 aliphatic heterocycles. The quantitative estimate of drug-likeness (QED) is 0.502. The van der Waals surface area contributed by atoms with Crippen LogP contribution in [0.2, 0.25) is 0 Å². The van der Waals surface area contributed by atoms with Crippen LogP contribution in [0.4, 0.5) is 13.2 Å². The summed E-state index contributed by atoms with van der Waals surface area (Å²) in [4.78, 5) is 12.6. The summed E-state index contributed by atoms with van der Waals surface area (Å²) >= 11 is 5.24. The topological polar surface area (TPSA) is 71.9 Å². The molecule has 10 heteroatoms. The van der Waals surface area contributed by atoms with Gasteiger partial charge in [-0.1, -0.05) is 12.1 Å². The van der Waals surface area contributed by atoms with Gasteiger partial charge < -0.3 is 10.1 Å². The van der Waals surface area contributed by atoms with Crippen molar-refractivity contribution >= 4 is 18.1 Å². The number of carbonyl (C=O) groups excluding carboxylic acids is 1. The maximum atomic E-state index is 12.9. The molecular formula is C21H21F3N4O2S. The van der Waals surface area contributed by atoms with E-state index in [0.717, 1.165) is 17.7 Å². The predicted octanol–water partition coefficient (Wildman–Crippen LogP) is 4.90. The average molecular weight is 450 g/mol. The average Bonchev–Trinajstić information content (AvgIpc) is 3.08. The van der Waals surface area contributed by atoms with E-state index < -0.39 is 23.7 Å². The first kappa shape index (κ1) is 22.5. The van der Waals surface area contributed by atoms with Crippen molar-refractivity contribution < 1.29 is 22.7 Å². The van der Waals surface area contributed by atoms with Crippen molar-refractivity contribution in [3.8, 4) is 17.1 Å². The van der Waals surface area contributed by atoms with Crippen LogP contribution in [0.3, 0.4) is 0 Å². The van der Waals surface area contributed by atoms with Gasteiger partial charge in [-0.3, -0.25) is 14.5 Å². The monoisotopic (exact) mass is 450 g/mol. The first-order chi connectivity index (χ1) is 14.7. The highest BCUT2D eigenvalue weighted by Gasteiger charge is 2.30. The molecule has 0 saturated heterocycles. The Morgan fingerprint density at radius 2 is 1.97 bits per heavy atom. The van der Waals surface area contributed by atoms with Crippen LogP contribution in [0.1, 0.15) is 31.0 Å². The lowest BCUT2D eigenvalue weighted by molar-refractivity contribution is -0.137. The molecule has 1 atom stereocenters. The molecule has 3 rings (SSSR count). The molecule has 0 bridgehead atoms. The van der Waals surface area contributed by atoms with Gasteiger partial charge in [0.2, 0.25) is 5.91 Å². The highest BCUT2D eigenvalue weighted by Crippen LogP contribution is 2.30. The zero-order valence-electron chi connectivity index (χ0n) is 16.9. The molecule has 1 heterocycles. The Kier molecular flexibility index (Phi) is 6.79. The summed E-state index contributed by atoms with van der Waals surface area (Å²) < 4.78 is 46.0. The number of rotatable bonds is 7. The number of nitrogens with one attached hydrogen (secondary N) is 2. The highest BCUT2D eigenvalue weighted by molar-refractivity contribution is 7.71. The third-order valence-electron chi connectivity index (χ3n) is 4.57. The lowest BCUT2D eigenvalue weighted by atomic mass is 10.0. The predicted molar refractivity (Wildman–Crippen MR) is 112 cm³/mol. The van der Waals surface area contributed by atoms with Crippen molar-refractivity contribution in [1.29, 1.82) is 0 Å². The number of hydrogen-bond donors (Lipinski definition) is 2. The van der Waals surface area contributed by atoms with Gasteiger partial charge in [-0.15, -0.1) is 0 Å². The number of H-pyrrole nitrogens is 1. The lowest BCUT2D eigenvalue weighted by Gasteiger charge is -2.17. The number of aromatic nitrogens is 3. The molecule has 0 spiro atoms. The van der Waals surface area contributed by atoms with E-state index in [1.807, 2.05) is 6.92 Å². The second kappa shape index (κ2) is 9.34. The van der Waals surface area contributed by atoms with Gasteiger partial charge in [0.05, 0.1) is 18.2 Å². The molecule has 3 aromatic rings. The van der Waals surface area contributed by atoms with E-state index in [2.05, 4.69) is 15.5 Å². The number of ether oxygens (including phenoxy) is 1. The summed E-state index contributed by atoms with van der Waals surface area (Å²) in [6.07, 6.45) is -4.45. The fraction of sp³-hybridized carbons (Fsp3) is 0.286. The van der Waals surface area contributed by atoms with Gasteiger partial charge in [0, 0.05) is 5.56 Å². The zero-order chi connectivity index (χ0) is 22.6. The van der Waals surface area contributed by atoms with Crippen molar-refractivity contribution in [3.63, 3.8) is 0 Å². The van der Waals surface area contributed by atoms with Crippen molar-refractivity contribution in [2.75, 3.05) is 6.61 Å². The SMILES string of the molecule is CCOc1ccc(-c2n[nH]c(=S)n2CC(=O)NC(C)c2cccc(C(F)(F)F)c2)cc1. The maximum Gasteiger partial charge on any atom is 0.416 e. The van der Waals surface area contributed by atoms with Crippen molar-refractivity contribution in [3.05, 3.63) is 64.4 Å². The minimum absolute atomic E-state index is 0.138. The number of halogens is 3. The number of aromatic amines is 1. The number of hydrogen-bond acceptors (Lipinski definition) is 4. The van der Waals surface area contributed by atoms with Gasteiger partial charge in [-0.2, -0.15) is 18.3 Å². The minimum atomic E-state index is -4.45. The van der Waals surface area contributed by atoms with Gasteiger partial charge in [-0.25, -0.2) is 0 Å². The first-order valence-corrected chi connectivity index (χ1v) is 9.94. The van der Waals surface area contributed by atoms with Crippen LogP contribution in [0.25, 0.3) is 11.4 Å². The molecule has 0 radical (unpaired) electrons. The van der Waals surface area contributed by atoms with E-state index in [4.69, 9.17) is 17.0 Å². The molecule has 0 saturated carbocycles. The summed E-state index contributed by atoms with van der Waals surface area (Å²) in [5.41, 5.74) is 0.321. The number of nitrogens with zero attached hydrogens (tertiary/aromatic N) is 2. The number of carbonyl (C=O) groups is 1. The van der Waals surface area contributed by atoms with Gasteiger partial charge in [0.15, 0.2) is 10.6 Å². The lowest BCUT2D eigenvalue weighted by Crippen LogP contribution is -2.30. The fourth-order valence-electron chi connectivity index (χ4n) is 3.05. The molecule has 1 aromatic heterocycles. The molecule has 1 unspecified atom stereocenters. The molecule has 2 aromatic carbocycles. The van der Waals surface area contributed by atoms with E-state index in [1.165, 1.54) is 16.7 Å². The molecule has 31 heavy (non-hydrogen) atoms. The summed E-state index contributed by atoms with van der Waals surface area (Å²) in [5, 5.41) is 9.57. The third kappa shape index (κ3) is 5.52. The Hall–Kier alpha value is -3.14. The largest absolute Gasteiger partial charge is 0.494 e. The number of benzene rings is 2. The van der Waals surface area contributed by atoms with Crippen LogP contribution >= 0.6 is 12.2 Å². The van der Waals surface area contributed by atoms with Crippen molar-refractivity contribution in [1.82, 2.24) is 20.1 Å². The number of alkyl halides is 3. The van der Waals surface area contributed by atoms with Gasteiger partial charge >= 0.3 is 6.18 Å². The molecule has 2 N–H and O–H groups in total. The third-order valence-corrected chi connectivity index (χ3v) is 4.89. The fourth-order valence-corrected chi connectivity index (χ4v) is 3.25. The van der Waals surface area contributed by atoms with Crippen LogP contribution in [0, 0.1) is 4.77 Å². The molecule has 0 fully saturated rings.